The van der Waals surface area contributed by atoms with E-state index in [4.69, 9.17) is 0 Å². The topological polar surface area (TPSA) is 29.1 Å². The average molecular weight is 233 g/mol. The number of rotatable bonds is 5. The zero-order valence-corrected chi connectivity index (χ0v) is 11.5. The van der Waals surface area contributed by atoms with E-state index < -0.39 is 0 Å². The Morgan fingerprint density at radius 1 is 1.29 bits per heavy atom. The van der Waals surface area contributed by atoms with Crippen molar-refractivity contribution in [3.8, 4) is 0 Å². The summed E-state index contributed by atoms with van der Waals surface area (Å²) >= 11 is 0. The largest absolute Gasteiger partial charge is 0.305 e. The molecule has 0 aliphatic heterocycles. The van der Waals surface area contributed by atoms with Crippen molar-refractivity contribution in [2.24, 2.45) is 0 Å². The van der Waals surface area contributed by atoms with Crippen LogP contribution in [0.2, 0.25) is 0 Å². The maximum atomic E-state index is 12.3. The molecule has 2 unspecified atom stereocenters. The fourth-order valence-corrected chi connectivity index (χ4v) is 1.94. The molecule has 0 saturated heterocycles. The van der Waals surface area contributed by atoms with E-state index in [0.29, 0.717) is 6.04 Å². The molecule has 1 aromatic rings. The lowest BCUT2D eigenvalue weighted by Crippen LogP contribution is -2.39. The van der Waals surface area contributed by atoms with Gasteiger partial charge in [0.05, 0.1) is 6.04 Å². The highest BCUT2D eigenvalue weighted by Gasteiger charge is 2.17. The van der Waals surface area contributed by atoms with Gasteiger partial charge in [-0.15, -0.1) is 0 Å². The second-order valence-electron chi connectivity index (χ2n) is 4.88. The van der Waals surface area contributed by atoms with Gasteiger partial charge in [-0.05, 0) is 39.7 Å². The summed E-state index contributed by atoms with van der Waals surface area (Å²) in [5.41, 5.74) is 3.09. The van der Waals surface area contributed by atoms with Gasteiger partial charge < -0.3 is 5.32 Å². The van der Waals surface area contributed by atoms with Gasteiger partial charge in [-0.3, -0.25) is 4.79 Å². The monoisotopic (exact) mass is 233 g/mol. The Balaban J connectivity index is 2.81. The smallest absolute Gasteiger partial charge is 0.179 e. The van der Waals surface area contributed by atoms with E-state index in [2.05, 4.69) is 25.2 Å². The van der Waals surface area contributed by atoms with Gasteiger partial charge in [-0.1, -0.05) is 30.7 Å². The van der Waals surface area contributed by atoms with Crippen LogP contribution in [0.1, 0.15) is 48.7 Å². The Kier molecular flexibility index (Phi) is 4.88. The molecule has 0 aliphatic rings. The van der Waals surface area contributed by atoms with Crippen molar-refractivity contribution in [2.75, 3.05) is 0 Å². The van der Waals surface area contributed by atoms with Crippen LogP contribution < -0.4 is 5.32 Å². The second kappa shape index (κ2) is 5.97. The van der Waals surface area contributed by atoms with Crippen LogP contribution in [-0.2, 0) is 0 Å². The van der Waals surface area contributed by atoms with Gasteiger partial charge in [-0.2, -0.15) is 0 Å². The van der Waals surface area contributed by atoms with Gasteiger partial charge in [0.2, 0.25) is 0 Å². The Morgan fingerprint density at radius 3 is 2.47 bits per heavy atom. The van der Waals surface area contributed by atoms with E-state index in [9.17, 15) is 4.79 Å². The van der Waals surface area contributed by atoms with Crippen LogP contribution in [0.25, 0.3) is 0 Å². The lowest BCUT2D eigenvalue weighted by Gasteiger charge is -2.18. The first kappa shape index (κ1) is 13.9. The number of nitrogens with one attached hydrogen (secondary N) is 1. The highest BCUT2D eigenvalue weighted by atomic mass is 16.1. The van der Waals surface area contributed by atoms with Crippen LogP contribution in [0, 0.1) is 13.8 Å². The van der Waals surface area contributed by atoms with Crippen molar-refractivity contribution in [3.63, 3.8) is 0 Å². The number of aryl methyl sites for hydroxylation is 2. The fraction of sp³-hybridized carbons (Fsp3) is 0.533. The summed E-state index contributed by atoms with van der Waals surface area (Å²) < 4.78 is 0. The molecule has 0 aromatic heterocycles. The molecule has 0 aliphatic carbocycles. The summed E-state index contributed by atoms with van der Waals surface area (Å²) in [4.78, 5) is 12.3. The molecule has 1 N–H and O–H groups in total. The van der Waals surface area contributed by atoms with E-state index in [-0.39, 0.29) is 11.8 Å². The molecule has 2 nitrogen and oxygen atoms in total. The minimum absolute atomic E-state index is 0.119. The number of Topliss-reactive ketones (excluding diaryl/α,β-unsaturated/α-hetero) is 1. The van der Waals surface area contributed by atoms with E-state index in [0.717, 1.165) is 17.5 Å². The number of benzene rings is 1. The number of hydrogen-bond donors (Lipinski definition) is 1. The third-order valence-corrected chi connectivity index (χ3v) is 3.19. The molecule has 0 radical (unpaired) electrons. The molecule has 2 heteroatoms. The standard InChI is InChI=1S/C15H23NO/c1-6-12(4)16-13(5)15(17)14-8-7-10(2)9-11(14)3/h7-9,12-13,16H,6H2,1-5H3. The van der Waals surface area contributed by atoms with Gasteiger partial charge >= 0.3 is 0 Å². The Morgan fingerprint density at radius 2 is 1.94 bits per heavy atom. The Bertz CT molecular complexity index is 398. The zero-order valence-electron chi connectivity index (χ0n) is 11.5. The molecule has 0 saturated carbocycles. The summed E-state index contributed by atoms with van der Waals surface area (Å²) in [7, 11) is 0. The summed E-state index contributed by atoms with van der Waals surface area (Å²) in [6.45, 7) is 10.2. The molecule has 2 atom stereocenters. The van der Waals surface area contributed by atoms with Crippen molar-refractivity contribution >= 4 is 5.78 Å². The minimum Gasteiger partial charge on any atom is -0.305 e. The number of carbonyl (C=O) groups is 1. The summed E-state index contributed by atoms with van der Waals surface area (Å²) in [5.74, 6) is 0.183. The van der Waals surface area contributed by atoms with Crippen molar-refractivity contribution < 1.29 is 4.79 Å². The predicted molar refractivity (Wildman–Crippen MR) is 72.6 cm³/mol. The highest BCUT2D eigenvalue weighted by molar-refractivity contribution is 6.01. The predicted octanol–water partition coefficient (Wildman–Crippen LogP) is 3.26. The van der Waals surface area contributed by atoms with Crippen LogP contribution in [0.5, 0.6) is 0 Å². The van der Waals surface area contributed by atoms with Crippen molar-refractivity contribution in [1.82, 2.24) is 5.32 Å². The highest BCUT2D eigenvalue weighted by Crippen LogP contribution is 2.13. The van der Waals surface area contributed by atoms with Gasteiger partial charge in [0.1, 0.15) is 0 Å². The lowest BCUT2D eigenvalue weighted by molar-refractivity contribution is 0.0944. The molecule has 0 spiro atoms. The first-order valence-electron chi connectivity index (χ1n) is 6.33. The van der Waals surface area contributed by atoms with Crippen molar-refractivity contribution in [1.29, 1.82) is 0 Å². The number of carbonyl (C=O) groups excluding carboxylic acids is 1. The van der Waals surface area contributed by atoms with Gasteiger partial charge in [0, 0.05) is 11.6 Å². The van der Waals surface area contributed by atoms with Crippen LogP contribution in [0.15, 0.2) is 18.2 Å². The molecule has 94 valence electrons. The molecule has 1 rings (SSSR count). The fourth-order valence-electron chi connectivity index (χ4n) is 1.94. The van der Waals surface area contributed by atoms with Crippen LogP contribution in [0.3, 0.4) is 0 Å². The van der Waals surface area contributed by atoms with Crippen molar-refractivity contribution in [3.05, 3.63) is 34.9 Å². The Hall–Kier alpha value is -1.15. The molecule has 0 amide bonds. The van der Waals surface area contributed by atoms with Gasteiger partial charge in [0.25, 0.3) is 0 Å². The lowest BCUT2D eigenvalue weighted by atomic mass is 9.98. The van der Waals surface area contributed by atoms with Crippen LogP contribution in [-0.4, -0.2) is 17.9 Å². The quantitative estimate of drug-likeness (QED) is 0.791. The second-order valence-corrected chi connectivity index (χ2v) is 4.88. The molecule has 1 aromatic carbocycles. The van der Waals surface area contributed by atoms with Gasteiger partial charge in [0.15, 0.2) is 5.78 Å². The third-order valence-electron chi connectivity index (χ3n) is 3.19. The van der Waals surface area contributed by atoms with E-state index in [1.807, 2.05) is 32.9 Å². The van der Waals surface area contributed by atoms with Crippen LogP contribution in [0.4, 0.5) is 0 Å². The minimum atomic E-state index is -0.119. The third kappa shape index (κ3) is 3.67. The zero-order chi connectivity index (χ0) is 13.0. The normalized spacial score (nSPS) is 14.4. The first-order valence-corrected chi connectivity index (χ1v) is 6.33. The molecular formula is C15H23NO. The van der Waals surface area contributed by atoms with E-state index in [1.165, 1.54) is 5.56 Å². The van der Waals surface area contributed by atoms with Crippen LogP contribution >= 0.6 is 0 Å². The summed E-state index contributed by atoms with van der Waals surface area (Å²) in [6, 6.07) is 6.24. The van der Waals surface area contributed by atoms with E-state index in [1.54, 1.807) is 0 Å². The summed E-state index contributed by atoms with van der Waals surface area (Å²) in [6.07, 6.45) is 1.03. The first-order chi connectivity index (χ1) is 7.95. The molecule has 0 heterocycles. The van der Waals surface area contributed by atoms with E-state index >= 15 is 0 Å². The molecule has 17 heavy (non-hydrogen) atoms. The SMILES string of the molecule is CCC(C)NC(C)C(=O)c1ccc(C)cc1C. The maximum absolute atomic E-state index is 12.3. The molecule has 0 bridgehead atoms. The Labute approximate surface area is 104 Å². The number of ketones is 1. The van der Waals surface area contributed by atoms with Gasteiger partial charge in [-0.25, -0.2) is 0 Å². The maximum Gasteiger partial charge on any atom is 0.179 e. The average Bonchev–Trinajstić information content (AvgIpc) is 2.28. The molecular weight excluding hydrogens is 210 g/mol. The number of hydrogen-bond acceptors (Lipinski definition) is 2. The summed E-state index contributed by atoms with van der Waals surface area (Å²) in [5, 5.41) is 3.32. The van der Waals surface area contributed by atoms with Crippen molar-refractivity contribution in [2.45, 2.75) is 53.1 Å². The molecule has 0 fully saturated rings.